The van der Waals surface area contributed by atoms with Crippen LogP contribution in [0.5, 0.6) is 11.5 Å². The van der Waals surface area contributed by atoms with Crippen molar-refractivity contribution in [1.82, 2.24) is 5.43 Å². The maximum absolute atomic E-state index is 12.7. The van der Waals surface area contributed by atoms with Gasteiger partial charge in [0.25, 0.3) is 5.91 Å². The third-order valence-electron chi connectivity index (χ3n) is 4.70. The van der Waals surface area contributed by atoms with Gasteiger partial charge in [-0.15, -0.1) is 0 Å². The molecular weight excluding hydrogens is 344 g/mol. The maximum Gasteiger partial charge on any atom is 0.284 e. The summed E-state index contributed by atoms with van der Waals surface area (Å²) in [4.78, 5) is 25.1. The van der Waals surface area contributed by atoms with Gasteiger partial charge in [0.1, 0.15) is 12.3 Å². The first-order valence-electron chi connectivity index (χ1n) is 8.55. The van der Waals surface area contributed by atoms with Gasteiger partial charge in [0.15, 0.2) is 11.5 Å². The first kappa shape index (κ1) is 15.6. The van der Waals surface area contributed by atoms with Crippen LogP contribution in [0.15, 0.2) is 65.8 Å². The molecule has 1 aliphatic heterocycles. The van der Waals surface area contributed by atoms with E-state index in [1.54, 1.807) is 24.3 Å². The van der Waals surface area contributed by atoms with Crippen molar-refractivity contribution in [2.45, 2.75) is 6.10 Å². The average Bonchev–Trinajstić information content (AvgIpc) is 2.99. The van der Waals surface area contributed by atoms with Crippen molar-refractivity contribution in [3.05, 3.63) is 71.8 Å². The Labute approximate surface area is 154 Å². The van der Waals surface area contributed by atoms with Crippen LogP contribution in [0.25, 0.3) is 10.8 Å². The second-order valence-corrected chi connectivity index (χ2v) is 6.34. The number of benzene rings is 3. The Morgan fingerprint density at radius 3 is 2.52 bits per heavy atom. The van der Waals surface area contributed by atoms with Crippen LogP contribution in [-0.4, -0.2) is 30.1 Å². The molecule has 0 radical (unpaired) electrons. The summed E-state index contributed by atoms with van der Waals surface area (Å²) in [6.45, 7) is 0.0808. The fourth-order valence-corrected chi connectivity index (χ4v) is 3.42. The number of amides is 1. The van der Waals surface area contributed by atoms with Crippen molar-refractivity contribution in [2.24, 2.45) is 5.10 Å². The number of carbonyl (C=O) groups excluding carboxylic acids is 2. The van der Waals surface area contributed by atoms with Gasteiger partial charge >= 0.3 is 0 Å². The van der Waals surface area contributed by atoms with E-state index in [0.29, 0.717) is 17.1 Å². The SMILES string of the molecule is O=C1/C(=N\NC(=O)[C@H]2COc3ccccc3O2)c2cccc3cccc1c23. The second kappa shape index (κ2) is 5.95. The highest BCUT2D eigenvalue weighted by molar-refractivity contribution is 6.59. The third kappa shape index (κ3) is 2.45. The van der Waals surface area contributed by atoms with Gasteiger partial charge in [-0.2, -0.15) is 5.10 Å². The van der Waals surface area contributed by atoms with Gasteiger partial charge in [-0.1, -0.05) is 48.5 Å². The van der Waals surface area contributed by atoms with E-state index in [1.807, 2.05) is 36.4 Å². The zero-order valence-corrected chi connectivity index (χ0v) is 14.1. The molecule has 132 valence electrons. The summed E-state index contributed by atoms with van der Waals surface area (Å²) in [6, 6.07) is 18.3. The smallest absolute Gasteiger partial charge is 0.284 e. The van der Waals surface area contributed by atoms with Crippen molar-refractivity contribution >= 4 is 28.2 Å². The summed E-state index contributed by atoms with van der Waals surface area (Å²) in [6.07, 6.45) is -0.834. The van der Waals surface area contributed by atoms with Gasteiger partial charge in [0.05, 0.1) is 0 Å². The number of hydrogen-bond donors (Lipinski definition) is 1. The summed E-state index contributed by atoms with van der Waals surface area (Å²) in [5.74, 6) is 0.438. The van der Waals surface area contributed by atoms with Crippen molar-refractivity contribution in [1.29, 1.82) is 0 Å². The van der Waals surface area contributed by atoms with E-state index >= 15 is 0 Å². The van der Waals surface area contributed by atoms with Gasteiger partial charge in [-0.05, 0) is 17.5 Å². The minimum Gasteiger partial charge on any atom is -0.485 e. The fraction of sp³-hybridized carbons (Fsp3) is 0.0952. The Kier molecular flexibility index (Phi) is 3.43. The molecule has 1 aliphatic carbocycles. The van der Waals surface area contributed by atoms with Gasteiger partial charge in [0.2, 0.25) is 11.9 Å². The minimum absolute atomic E-state index is 0.0808. The van der Waals surface area contributed by atoms with E-state index in [9.17, 15) is 9.59 Å². The number of nitrogens with zero attached hydrogens (tertiary/aromatic N) is 1. The molecule has 1 heterocycles. The molecule has 0 aromatic heterocycles. The number of carbonyl (C=O) groups is 2. The molecule has 0 saturated heterocycles. The molecule has 5 rings (SSSR count). The van der Waals surface area contributed by atoms with Crippen LogP contribution in [0, 0.1) is 0 Å². The molecular formula is C21H14N2O4. The Morgan fingerprint density at radius 2 is 1.70 bits per heavy atom. The molecule has 0 bridgehead atoms. The second-order valence-electron chi connectivity index (χ2n) is 6.34. The number of hydrogen-bond acceptors (Lipinski definition) is 5. The van der Waals surface area contributed by atoms with E-state index in [0.717, 1.165) is 16.3 Å². The Hall–Kier alpha value is -3.67. The minimum atomic E-state index is -0.834. The molecule has 0 unspecified atom stereocenters. The van der Waals surface area contributed by atoms with Crippen LogP contribution in [-0.2, 0) is 4.79 Å². The number of rotatable bonds is 2. The number of nitrogens with one attached hydrogen (secondary N) is 1. The van der Waals surface area contributed by atoms with E-state index in [-0.39, 0.29) is 18.1 Å². The highest BCUT2D eigenvalue weighted by Crippen LogP contribution is 2.32. The van der Waals surface area contributed by atoms with Crippen LogP contribution >= 0.6 is 0 Å². The number of ether oxygens (including phenoxy) is 2. The molecule has 27 heavy (non-hydrogen) atoms. The summed E-state index contributed by atoms with van der Waals surface area (Å²) < 4.78 is 11.2. The van der Waals surface area contributed by atoms with Crippen molar-refractivity contribution in [2.75, 3.05) is 6.61 Å². The molecule has 6 heteroatoms. The normalized spacial score (nSPS) is 18.7. The number of para-hydroxylation sites is 2. The zero-order valence-electron chi connectivity index (χ0n) is 14.1. The van der Waals surface area contributed by atoms with E-state index in [4.69, 9.17) is 9.47 Å². The number of ketones is 1. The number of fused-ring (bicyclic) bond motifs is 1. The van der Waals surface area contributed by atoms with Crippen LogP contribution in [0.3, 0.4) is 0 Å². The lowest BCUT2D eigenvalue weighted by Gasteiger charge is -2.24. The lowest BCUT2D eigenvalue weighted by atomic mass is 10.1. The lowest BCUT2D eigenvalue weighted by molar-refractivity contribution is -0.130. The Balaban J connectivity index is 1.40. The molecule has 6 nitrogen and oxygen atoms in total. The van der Waals surface area contributed by atoms with E-state index in [2.05, 4.69) is 10.5 Å². The summed E-state index contributed by atoms with van der Waals surface area (Å²) in [7, 11) is 0. The zero-order chi connectivity index (χ0) is 18.4. The summed E-state index contributed by atoms with van der Waals surface area (Å²) in [5, 5.41) is 5.94. The lowest BCUT2D eigenvalue weighted by Crippen LogP contribution is -2.42. The topological polar surface area (TPSA) is 77.0 Å². The van der Waals surface area contributed by atoms with Crippen LogP contribution in [0.1, 0.15) is 15.9 Å². The van der Waals surface area contributed by atoms with Gasteiger partial charge in [-0.25, -0.2) is 5.43 Å². The quantitative estimate of drug-likeness (QED) is 0.715. The van der Waals surface area contributed by atoms with E-state index in [1.165, 1.54) is 0 Å². The van der Waals surface area contributed by atoms with Crippen LogP contribution in [0.2, 0.25) is 0 Å². The van der Waals surface area contributed by atoms with Crippen molar-refractivity contribution in [3.8, 4) is 11.5 Å². The van der Waals surface area contributed by atoms with E-state index < -0.39 is 12.0 Å². The van der Waals surface area contributed by atoms with Gasteiger partial charge < -0.3 is 9.47 Å². The average molecular weight is 358 g/mol. The molecule has 3 aromatic carbocycles. The standard InChI is InChI=1S/C21H14N2O4/c24-20-14-8-4-6-12-5-3-7-13(18(12)14)19(20)22-23-21(25)17-11-26-15-9-1-2-10-16(15)27-17/h1-10,17H,11H2,(H,23,25)/b22-19-/t17-/m1/s1. The molecule has 1 amide bonds. The first-order chi connectivity index (χ1) is 13.2. The molecule has 3 aromatic rings. The van der Waals surface area contributed by atoms with Crippen molar-refractivity contribution in [3.63, 3.8) is 0 Å². The molecule has 0 spiro atoms. The Morgan fingerprint density at radius 1 is 0.963 bits per heavy atom. The molecule has 1 N–H and O–H groups in total. The molecule has 0 fully saturated rings. The van der Waals surface area contributed by atoms with Gasteiger partial charge in [-0.3, -0.25) is 9.59 Å². The van der Waals surface area contributed by atoms with Crippen molar-refractivity contribution < 1.29 is 19.1 Å². The first-order valence-corrected chi connectivity index (χ1v) is 8.55. The van der Waals surface area contributed by atoms with Crippen LogP contribution in [0.4, 0.5) is 0 Å². The van der Waals surface area contributed by atoms with Gasteiger partial charge in [0, 0.05) is 16.5 Å². The molecule has 1 atom stereocenters. The highest BCUT2D eigenvalue weighted by atomic mass is 16.6. The third-order valence-corrected chi connectivity index (χ3v) is 4.70. The van der Waals surface area contributed by atoms with Crippen LogP contribution < -0.4 is 14.9 Å². The monoisotopic (exact) mass is 358 g/mol. The molecule has 0 saturated carbocycles. The highest BCUT2D eigenvalue weighted by Gasteiger charge is 2.31. The predicted molar refractivity (Wildman–Crippen MR) is 99.3 cm³/mol. The number of Topliss-reactive ketones (excluding diaryl/α,β-unsaturated/α-hetero) is 1. The largest absolute Gasteiger partial charge is 0.485 e. The predicted octanol–water partition coefficient (Wildman–Crippen LogP) is 2.70. The molecule has 2 aliphatic rings. The summed E-state index contributed by atoms with van der Waals surface area (Å²) >= 11 is 0. The Bertz CT molecular complexity index is 1130. The number of hydrazone groups is 1. The fourth-order valence-electron chi connectivity index (χ4n) is 3.42. The maximum atomic E-state index is 12.7. The summed E-state index contributed by atoms with van der Waals surface area (Å²) in [5.41, 5.74) is 4.01.